The highest BCUT2D eigenvalue weighted by molar-refractivity contribution is 5.99. The number of aryl methyl sites for hydroxylation is 2. The van der Waals surface area contributed by atoms with E-state index in [1.54, 1.807) is 0 Å². The summed E-state index contributed by atoms with van der Waals surface area (Å²) in [4.78, 5) is 12.6. The number of hydrogen-bond donors (Lipinski definition) is 1. The van der Waals surface area contributed by atoms with Gasteiger partial charge in [-0.2, -0.15) is 0 Å². The number of amides is 1. The highest BCUT2D eigenvalue weighted by Crippen LogP contribution is 2.40. The van der Waals surface area contributed by atoms with Gasteiger partial charge >= 0.3 is 0 Å². The van der Waals surface area contributed by atoms with Crippen LogP contribution in [0.25, 0.3) is 10.9 Å². The first-order valence-electron chi connectivity index (χ1n) is 8.47. The number of fused-ring (bicyclic) bond motifs is 1. The van der Waals surface area contributed by atoms with Gasteiger partial charge in [-0.25, -0.2) is 0 Å². The van der Waals surface area contributed by atoms with Crippen molar-refractivity contribution in [2.75, 3.05) is 19.8 Å². The van der Waals surface area contributed by atoms with E-state index < -0.39 is 0 Å². The van der Waals surface area contributed by atoms with E-state index in [2.05, 4.69) is 24.4 Å². The normalized spacial score (nSPS) is 16.3. The van der Waals surface area contributed by atoms with Gasteiger partial charge in [0, 0.05) is 36.5 Å². The van der Waals surface area contributed by atoms with Crippen LogP contribution in [0.3, 0.4) is 0 Å². The number of hydrogen-bond acceptors (Lipinski definition) is 2. The summed E-state index contributed by atoms with van der Waals surface area (Å²) in [6, 6.07) is 8.16. The zero-order valence-electron chi connectivity index (χ0n) is 14.3. The van der Waals surface area contributed by atoms with Crippen molar-refractivity contribution in [1.82, 2.24) is 9.88 Å². The van der Waals surface area contributed by atoms with E-state index in [0.717, 1.165) is 42.7 Å². The molecule has 1 aliphatic carbocycles. The molecule has 1 heterocycles. The van der Waals surface area contributed by atoms with Crippen LogP contribution in [-0.4, -0.2) is 30.2 Å². The molecule has 0 aliphatic heterocycles. The third-order valence-electron chi connectivity index (χ3n) is 5.19. The molecule has 3 rings (SSSR count). The highest BCUT2D eigenvalue weighted by Gasteiger charge is 2.37. The van der Waals surface area contributed by atoms with Crippen LogP contribution in [0, 0.1) is 12.3 Å². The molecule has 1 aromatic heterocycles. The van der Waals surface area contributed by atoms with Gasteiger partial charge in [0.1, 0.15) is 5.69 Å². The number of rotatable bonds is 6. The quantitative estimate of drug-likeness (QED) is 0.888. The molecule has 1 fully saturated rings. The van der Waals surface area contributed by atoms with E-state index in [-0.39, 0.29) is 11.3 Å². The van der Waals surface area contributed by atoms with E-state index in [0.29, 0.717) is 6.54 Å². The third kappa shape index (κ3) is 3.00. The molecule has 0 bridgehead atoms. The summed E-state index contributed by atoms with van der Waals surface area (Å²) in [6.07, 6.45) is 3.51. The number of carbonyl (C=O) groups is 1. The van der Waals surface area contributed by atoms with Crippen LogP contribution in [0.2, 0.25) is 0 Å². The Labute approximate surface area is 137 Å². The molecule has 1 aromatic carbocycles. The number of aromatic nitrogens is 1. The van der Waals surface area contributed by atoms with E-state index >= 15 is 0 Å². The molecule has 2 aromatic rings. The minimum Gasteiger partial charge on any atom is -0.381 e. The molecule has 0 saturated heterocycles. The Bertz CT molecular complexity index is 713. The van der Waals surface area contributed by atoms with Crippen LogP contribution >= 0.6 is 0 Å². The van der Waals surface area contributed by atoms with Gasteiger partial charge in [-0.3, -0.25) is 4.79 Å². The number of carbonyl (C=O) groups excluding carboxylic acids is 1. The molecule has 23 heavy (non-hydrogen) atoms. The lowest BCUT2D eigenvalue weighted by atomic mass is 9.69. The second-order valence-electron chi connectivity index (χ2n) is 6.77. The van der Waals surface area contributed by atoms with Crippen LogP contribution in [0.15, 0.2) is 24.3 Å². The van der Waals surface area contributed by atoms with E-state index in [1.807, 2.05) is 30.7 Å². The average molecular weight is 314 g/mol. The molecule has 0 atom stereocenters. The zero-order valence-corrected chi connectivity index (χ0v) is 14.3. The Morgan fingerprint density at radius 1 is 1.39 bits per heavy atom. The van der Waals surface area contributed by atoms with Crippen LogP contribution in [0.4, 0.5) is 0 Å². The number of benzene rings is 1. The predicted octanol–water partition coefficient (Wildman–Crippen LogP) is 3.42. The SMILES string of the molecule is CCOCC1(CNC(=O)c2cc3c(C)cccc3n2C)CCC1. The fraction of sp³-hybridized carbons (Fsp3) is 0.526. The predicted molar refractivity (Wildman–Crippen MR) is 92.8 cm³/mol. The van der Waals surface area contributed by atoms with E-state index in [4.69, 9.17) is 4.74 Å². The van der Waals surface area contributed by atoms with E-state index in [1.165, 1.54) is 12.0 Å². The van der Waals surface area contributed by atoms with Gasteiger partial charge in [-0.1, -0.05) is 18.6 Å². The summed E-state index contributed by atoms with van der Waals surface area (Å²) in [6.45, 7) is 6.28. The maximum Gasteiger partial charge on any atom is 0.267 e. The minimum absolute atomic E-state index is 0.00544. The topological polar surface area (TPSA) is 43.3 Å². The van der Waals surface area contributed by atoms with Crippen molar-refractivity contribution in [2.45, 2.75) is 33.1 Å². The third-order valence-corrected chi connectivity index (χ3v) is 5.19. The number of nitrogens with zero attached hydrogens (tertiary/aromatic N) is 1. The summed E-state index contributed by atoms with van der Waals surface area (Å²) in [5.74, 6) is 0.00544. The van der Waals surface area contributed by atoms with Crippen LogP contribution in [-0.2, 0) is 11.8 Å². The fourth-order valence-corrected chi connectivity index (χ4v) is 3.45. The first kappa shape index (κ1) is 16.1. The lowest BCUT2D eigenvalue weighted by Crippen LogP contribution is -2.45. The number of ether oxygens (including phenoxy) is 1. The smallest absolute Gasteiger partial charge is 0.267 e. The Balaban J connectivity index is 1.74. The molecule has 0 spiro atoms. The van der Waals surface area contributed by atoms with Gasteiger partial charge in [0.15, 0.2) is 0 Å². The van der Waals surface area contributed by atoms with Gasteiger partial charge in [0.05, 0.1) is 6.61 Å². The Morgan fingerprint density at radius 2 is 2.17 bits per heavy atom. The first-order valence-corrected chi connectivity index (χ1v) is 8.47. The highest BCUT2D eigenvalue weighted by atomic mass is 16.5. The molecule has 0 radical (unpaired) electrons. The molecule has 4 nitrogen and oxygen atoms in total. The second kappa shape index (κ2) is 6.36. The van der Waals surface area contributed by atoms with Crippen molar-refractivity contribution in [3.63, 3.8) is 0 Å². The van der Waals surface area contributed by atoms with Crippen molar-refractivity contribution >= 4 is 16.8 Å². The Morgan fingerprint density at radius 3 is 2.78 bits per heavy atom. The molecule has 124 valence electrons. The molecule has 0 unspecified atom stereocenters. The van der Waals surface area contributed by atoms with Gasteiger partial charge in [-0.15, -0.1) is 0 Å². The largest absolute Gasteiger partial charge is 0.381 e. The summed E-state index contributed by atoms with van der Waals surface area (Å²) in [5, 5.41) is 4.28. The van der Waals surface area contributed by atoms with Crippen LogP contribution in [0.5, 0.6) is 0 Å². The van der Waals surface area contributed by atoms with Crippen LogP contribution in [0.1, 0.15) is 42.2 Å². The Kier molecular flexibility index (Phi) is 4.44. The second-order valence-corrected chi connectivity index (χ2v) is 6.77. The number of nitrogens with one attached hydrogen (secondary N) is 1. The summed E-state index contributed by atoms with van der Waals surface area (Å²) >= 11 is 0. The fourth-order valence-electron chi connectivity index (χ4n) is 3.45. The monoisotopic (exact) mass is 314 g/mol. The lowest BCUT2D eigenvalue weighted by Gasteiger charge is -2.41. The van der Waals surface area contributed by atoms with Gasteiger partial charge in [0.25, 0.3) is 5.91 Å². The standard InChI is InChI=1S/C19H26N2O2/c1-4-23-13-19(9-6-10-19)12-20-18(22)17-11-15-14(2)7-5-8-16(15)21(17)3/h5,7-8,11H,4,6,9-10,12-13H2,1-3H3,(H,20,22). The lowest BCUT2D eigenvalue weighted by molar-refractivity contribution is -0.000231. The van der Waals surface area contributed by atoms with E-state index in [9.17, 15) is 4.79 Å². The zero-order chi connectivity index (χ0) is 16.4. The first-order chi connectivity index (χ1) is 11.1. The summed E-state index contributed by atoms with van der Waals surface area (Å²) < 4.78 is 7.59. The summed E-state index contributed by atoms with van der Waals surface area (Å²) in [7, 11) is 1.95. The minimum atomic E-state index is 0.00544. The van der Waals surface area contributed by atoms with Gasteiger partial charge in [-0.05, 0) is 44.4 Å². The molecule has 1 N–H and O–H groups in total. The molecule has 1 saturated carbocycles. The van der Waals surface area contributed by atoms with Crippen molar-refractivity contribution in [3.8, 4) is 0 Å². The maximum absolute atomic E-state index is 12.6. The molecular weight excluding hydrogens is 288 g/mol. The van der Waals surface area contributed by atoms with Crippen molar-refractivity contribution in [2.24, 2.45) is 12.5 Å². The maximum atomic E-state index is 12.6. The van der Waals surface area contributed by atoms with Crippen molar-refractivity contribution in [3.05, 3.63) is 35.5 Å². The van der Waals surface area contributed by atoms with Crippen molar-refractivity contribution < 1.29 is 9.53 Å². The Hall–Kier alpha value is -1.81. The van der Waals surface area contributed by atoms with Gasteiger partial charge < -0.3 is 14.6 Å². The van der Waals surface area contributed by atoms with Crippen LogP contribution < -0.4 is 5.32 Å². The molecule has 1 amide bonds. The van der Waals surface area contributed by atoms with Crippen molar-refractivity contribution in [1.29, 1.82) is 0 Å². The average Bonchev–Trinajstić information content (AvgIpc) is 2.85. The molecule has 1 aliphatic rings. The molecular formula is C19H26N2O2. The molecule has 4 heteroatoms. The summed E-state index contributed by atoms with van der Waals surface area (Å²) in [5.41, 5.74) is 3.17. The van der Waals surface area contributed by atoms with Gasteiger partial charge in [0.2, 0.25) is 0 Å².